The Bertz CT molecular complexity index is 242. The molecule has 2 N–H and O–H groups in total. The Balaban J connectivity index is 3.38. The third-order valence-corrected chi connectivity index (χ3v) is 4.06. The molecular weight excluding hydrogens is 246 g/mol. The van der Waals surface area contributed by atoms with Crippen molar-refractivity contribution in [3.63, 3.8) is 0 Å². The number of unbranched alkanes of at least 4 members (excludes halogenated alkanes) is 9. The Morgan fingerprint density at radius 3 is 1.65 bits per heavy atom. The van der Waals surface area contributed by atoms with Crippen molar-refractivity contribution in [1.29, 1.82) is 0 Å². The zero-order chi connectivity index (χ0) is 15.4. The molecule has 0 bridgehead atoms. The average molecular weight is 284 g/mol. The summed E-state index contributed by atoms with van der Waals surface area (Å²) >= 11 is 0. The second-order valence-corrected chi connectivity index (χ2v) is 7.24. The first-order chi connectivity index (χ1) is 9.39. The molecule has 0 aliphatic rings. The lowest BCUT2D eigenvalue weighted by molar-refractivity contribution is -0.122. The normalized spacial score (nSPS) is 13.4. The number of nitrogens with two attached hydrogens (primary N) is 1. The monoisotopic (exact) mass is 283 g/mol. The van der Waals surface area contributed by atoms with Gasteiger partial charge in [-0.05, 0) is 11.8 Å². The van der Waals surface area contributed by atoms with E-state index >= 15 is 0 Å². The van der Waals surface area contributed by atoms with Crippen LogP contribution in [0.5, 0.6) is 0 Å². The molecule has 0 aromatic heterocycles. The highest BCUT2D eigenvalue weighted by Crippen LogP contribution is 2.20. The third-order valence-electron chi connectivity index (χ3n) is 4.06. The van der Waals surface area contributed by atoms with Crippen molar-refractivity contribution >= 4 is 5.78 Å². The minimum Gasteiger partial charge on any atom is -0.321 e. The van der Waals surface area contributed by atoms with Crippen molar-refractivity contribution < 1.29 is 4.79 Å². The van der Waals surface area contributed by atoms with E-state index < -0.39 is 0 Å². The molecule has 0 heterocycles. The fourth-order valence-electron chi connectivity index (χ4n) is 2.43. The number of hydrogen-bond donors (Lipinski definition) is 1. The van der Waals surface area contributed by atoms with Crippen molar-refractivity contribution in [3.8, 4) is 0 Å². The van der Waals surface area contributed by atoms with Crippen LogP contribution in [-0.2, 0) is 4.79 Å². The van der Waals surface area contributed by atoms with Crippen LogP contribution in [0.25, 0.3) is 0 Å². The summed E-state index contributed by atoms with van der Waals surface area (Å²) in [5, 5.41) is 0. The van der Waals surface area contributed by atoms with E-state index in [0.717, 1.165) is 6.42 Å². The Kier molecular flexibility index (Phi) is 11.1. The number of carbonyl (C=O) groups excluding carboxylic acids is 1. The Morgan fingerprint density at radius 1 is 0.850 bits per heavy atom. The highest BCUT2D eigenvalue weighted by atomic mass is 16.1. The van der Waals surface area contributed by atoms with Gasteiger partial charge >= 0.3 is 0 Å². The van der Waals surface area contributed by atoms with Crippen molar-refractivity contribution in [2.45, 2.75) is 104 Å². The van der Waals surface area contributed by atoms with Gasteiger partial charge < -0.3 is 5.73 Å². The van der Waals surface area contributed by atoms with Crippen LogP contribution in [0.1, 0.15) is 98.3 Å². The van der Waals surface area contributed by atoms with Crippen molar-refractivity contribution in [2.24, 2.45) is 11.1 Å². The number of ketones is 1. The summed E-state index contributed by atoms with van der Waals surface area (Å²) in [5.74, 6) is 0.233. The van der Waals surface area contributed by atoms with Crippen molar-refractivity contribution in [3.05, 3.63) is 0 Å². The maximum atomic E-state index is 11.9. The predicted molar refractivity (Wildman–Crippen MR) is 88.9 cm³/mol. The minimum absolute atomic E-state index is 0.102. The molecule has 20 heavy (non-hydrogen) atoms. The van der Waals surface area contributed by atoms with E-state index in [9.17, 15) is 4.79 Å². The molecule has 0 fully saturated rings. The summed E-state index contributed by atoms with van der Waals surface area (Å²) in [6, 6.07) is -0.305. The Morgan fingerprint density at radius 2 is 1.25 bits per heavy atom. The maximum Gasteiger partial charge on any atom is 0.150 e. The van der Waals surface area contributed by atoms with E-state index in [1.165, 1.54) is 57.8 Å². The van der Waals surface area contributed by atoms with Gasteiger partial charge in [-0.2, -0.15) is 0 Å². The molecule has 1 unspecified atom stereocenters. The molecule has 2 heteroatoms. The number of carbonyl (C=O) groups is 1. The highest BCUT2D eigenvalue weighted by molar-refractivity contribution is 5.84. The smallest absolute Gasteiger partial charge is 0.150 e. The fourth-order valence-corrected chi connectivity index (χ4v) is 2.43. The van der Waals surface area contributed by atoms with Crippen LogP contribution in [0.3, 0.4) is 0 Å². The second-order valence-electron chi connectivity index (χ2n) is 7.24. The van der Waals surface area contributed by atoms with E-state index in [1.807, 2.05) is 20.8 Å². The largest absolute Gasteiger partial charge is 0.321 e. The first kappa shape index (κ1) is 19.6. The van der Waals surface area contributed by atoms with Gasteiger partial charge in [-0.25, -0.2) is 0 Å². The topological polar surface area (TPSA) is 43.1 Å². The van der Waals surface area contributed by atoms with Crippen LogP contribution in [-0.4, -0.2) is 11.8 Å². The number of Topliss-reactive ketones (excluding diaryl/α,β-unsaturated/α-hetero) is 1. The van der Waals surface area contributed by atoms with Gasteiger partial charge in [0.05, 0.1) is 6.04 Å². The minimum atomic E-state index is -0.305. The van der Waals surface area contributed by atoms with E-state index in [2.05, 4.69) is 6.92 Å². The maximum absolute atomic E-state index is 11.9. The molecule has 0 aromatic rings. The van der Waals surface area contributed by atoms with Gasteiger partial charge in [0.2, 0.25) is 0 Å². The summed E-state index contributed by atoms with van der Waals surface area (Å²) in [7, 11) is 0. The lowest BCUT2D eigenvalue weighted by Gasteiger charge is -2.25. The molecule has 0 saturated heterocycles. The molecule has 2 nitrogen and oxygen atoms in total. The number of rotatable bonds is 12. The van der Waals surface area contributed by atoms with E-state index in [1.54, 1.807) is 0 Å². The summed E-state index contributed by atoms with van der Waals surface area (Å²) in [4.78, 5) is 11.9. The van der Waals surface area contributed by atoms with Gasteiger partial charge in [-0.15, -0.1) is 0 Å². The van der Waals surface area contributed by atoms with Gasteiger partial charge in [0.1, 0.15) is 5.78 Å². The first-order valence-electron chi connectivity index (χ1n) is 8.68. The molecule has 0 aliphatic carbocycles. The second kappa shape index (κ2) is 11.3. The van der Waals surface area contributed by atoms with Crippen molar-refractivity contribution in [1.82, 2.24) is 0 Å². The number of hydrogen-bond acceptors (Lipinski definition) is 2. The highest BCUT2D eigenvalue weighted by Gasteiger charge is 2.26. The predicted octanol–water partition coefficient (Wildman–Crippen LogP) is 5.24. The molecule has 0 amide bonds. The Labute approximate surface area is 126 Å². The van der Waals surface area contributed by atoms with Crippen LogP contribution < -0.4 is 5.73 Å². The van der Waals surface area contributed by atoms with Gasteiger partial charge in [0.25, 0.3) is 0 Å². The molecule has 0 aliphatic heterocycles. The third kappa shape index (κ3) is 10.4. The van der Waals surface area contributed by atoms with Crippen LogP contribution in [0, 0.1) is 5.41 Å². The molecule has 120 valence electrons. The Hall–Kier alpha value is -0.370. The van der Waals surface area contributed by atoms with Gasteiger partial charge in [0, 0.05) is 6.42 Å². The van der Waals surface area contributed by atoms with Gasteiger partial charge in [0.15, 0.2) is 0 Å². The lowest BCUT2D eigenvalue weighted by Crippen LogP contribution is -2.42. The van der Waals surface area contributed by atoms with Crippen LogP contribution in [0.4, 0.5) is 0 Å². The van der Waals surface area contributed by atoms with Crippen LogP contribution in [0.15, 0.2) is 0 Å². The SMILES string of the molecule is CCCCCCCCCCCCC(=O)C(N)C(C)(C)C. The summed E-state index contributed by atoms with van der Waals surface area (Å²) in [6.07, 6.45) is 13.7. The van der Waals surface area contributed by atoms with Gasteiger partial charge in [-0.3, -0.25) is 4.79 Å². The first-order valence-corrected chi connectivity index (χ1v) is 8.68. The summed E-state index contributed by atoms with van der Waals surface area (Å²) in [6.45, 7) is 8.36. The molecule has 0 radical (unpaired) electrons. The molecular formula is C18H37NO. The van der Waals surface area contributed by atoms with E-state index in [0.29, 0.717) is 6.42 Å². The standard InChI is InChI=1S/C18H37NO/c1-5-6-7-8-9-10-11-12-13-14-15-16(20)17(19)18(2,3)4/h17H,5-15,19H2,1-4H3. The zero-order valence-electron chi connectivity index (χ0n) is 14.3. The lowest BCUT2D eigenvalue weighted by atomic mass is 9.83. The summed E-state index contributed by atoms with van der Waals surface area (Å²) in [5.41, 5.74) is 5.86. The van der Waals surface area contributed by atoms with E-state index in [-0.39, 0.29) is 17.2 Å². The average Bonchev–Trinajstić information content (AvgIpc) is 2.38. The van der Waals surface area contributed by atoms with E-state index in [4.69, 9.17) is 5.73 Å². The van der Waals surface area contributed by atoms with Gasteiger partial charge in [-0.1, -0.05) is 85.5 Å². The fraction of sp³-hybridized carbons (Fsp3) is 0.944. The molecule has 1 atom stereocenters. The summed E-state index contributed by atoms with van der Waals surface area (Å²) < 4.78 is 0. The molecule has 0 saturated carbocycles. The molecule has 0 aromatic carbocycles. The van der Waals surface area contributed by atoms with Crippen LogP contribution >= 0.6 is 0 Å². The molecule has 0 spiro atoms. The van der Waals surface area contributed by atoms with Crippen LogP contribution in [0.2, 0.25) is 0 Å². The van der Waals surface area contributed by atoms with Crippen molar-refractivity contribution in [2.75, 3.05) is 0 Å². The molecule has 0 rings (SSSR count). The quantitative estimate of drug-likeness (QED) is 0.498. The zero-order valence-corrected chi connectivity index (χ0v) is 14.3.